The molecule has 3 aromatic rings. The molecule has 0 aliphatic carbocycles. The zero-order valence-electron chi connectivity index (χ0n) is 20.0. The molecular formula is C30H35NO4. The van der Waals surface area contributed by atoms with Crippen molar-refractivity contribution in [3.05, 3.63) is 120 Å². The van der Waals surface area contributed by atoms with Crippen molar-refractivity contribution in [2.75, 3.05) is 6.61 Å². The summed E-state index contributed by atoms with van der Waals surface area (Å²) in [5.41, 5.74) is 3.24. The number of piperidine rings is 1. The topological polar surface area (TPSA) is 60.0 Å². The number of benzene rings is 3. The van der Waals surface area contributed by atoms with Crippen LogP contribution in [0.3, 0.4) is 0 Å². The first-order valence-corrected chi connectivity index (χ1v) is 12.2. The number of aliphatic hydroxyl groups excluding tert-OH is 1. The van der Waals surface area contributed by atoms with E-state index < -0.39 is 18.3 Å². The average molecular weight is 474 g/mol. The van der Waals surface area contributed by atoms with Crippen molar-refractivity contribution < 1.29 is 19.3 Å². The van der Waals surface area contributed by atoms with Gasteiger partial charge in [0.2, 0.25) is 0 Å². The van der Waals surface area contributed by atoms with Crippen LogP contribution in [0.2, 0.25) is 0 Å². The molecule has 1 heterocycles. The second-order valence-corrected chi connectivity index (χ2v) is 8.92. The van der Waals surface area contributed by atoms with Crippen LogP contribution in [0.15, 0.2) is 104 Å². The molecule has 2 N–H and O–H groups in total. The molecule has 4 rings (SSSR count). The van der Waals surface area contributed by atoms with Crippen LogP contribution in [0.4, 0.5) is 0 Å². The molecule has 1 aliphatic rings. The third-order valence-corrected chi connectivity index (χ3v) is 6.30. The molecule has 0 radical (unpaired) electrons. The Labute approximate surface area is 208 Å². The van der Waals surface area contributed by atoms with E-state index in [-0.39, 0.29) is 12.1 Å². The summed E-state index contributed by atoms with van der Waals surface area (Å²) in [4.78, 5) is 0. The second kappa shape index (κ2) is 13.3. The van der Waals surface area contributed by atoms with Crippen molar-refractivity contribution in [1.82, 2.24) is 5.32 Å². The number of hydrogen-bond donors (Lipinski definition) is 2. The largest absolute Gasteiger partial charge is 0.389 e. The first-order chi connectivity index (χ1) is 17.2. The Kier molecular flexibility index (Phi) is 9.64. The predicted octanol–water partition coefficient (Wildman–Crippen LogP) is 4.65. The standard InChI is InChI=1S/C30H35NO4/c1-2-12-26-28(32)30(35-21-25-17-10-5-11-18-25)29(34-20-24-15-8-4-9-16-24)27(31-26)22-33-19-23-13-6-3-7-14-23/h2-11,13-18,26-32H,1,12,19-22H2/t26-,27+,28-,29+,30+/m0/s1. The van der Waals surface area contributed by atoms with Gasteiger partial charge in [-0.1, -0.05) is 97.1 Å². The summed E-state index contributed by atoms with van der Waals surface area (Å²) in [5, 5.41) is 14.8. The minimum Gasteiger partial charge on any atom is -0.389 e. The van der Waals surface area contributed by atoms with Crippen LogP contribution in [0.5, 0.6) is 0 Å². The summed E-state index contributed by atoms with van der Waals surface area (Å²) in [6.45, 7) is 5.63. The lowest BCUT2D eigenvalue weighted by molar-refractivity contribution is -0.177. The van der Waals surface area contributed by atoms with E-state index in [0.717, 1.165) is 16.7 Å². The van der Waals surface area contributed by atoms with Gasteiger partial charge in [0.05, 0.1) is 38.6 Å². The molecule has 0 unspecified atom stereocenters. The van der Waals surface area contributed by atoms with Crippen LogP contribution in [0.1, 0.15) is 23.1 Å². The van der Waals surface area contributed by atoms with E-state index in [9.17, 15) is 5.11 Å². The van der Waals surface area contributed by atoms with E-state index in [1.807, 2.05) is 97.1 Å². The lowest BCUT2D eigenvalue weighted by Crippen LogP contribution is -2.67. The highest BCUT2D eigenvalue weighted by Gasteiger charge is 2.45. The molecule has 1 fully saturated rings. The maximum absolute atomic E-state index is 11.3. The van der Waals surface area contributed by atoms with Gasteiger partial charge in [0, 0.05) is 6.04 Å². The molecule has 184 valence electrons. The molecule has 1 saturated heterocycles. The number of rotatable bonds is 12. The van der Waals surface area contributed by atoms with Gasteiger partial charge in [-0.15, -0.1) is 6.58 Å². The van der Waals surface area contributed by atoms with Gasteiger partial charge in [-0.05, 0) is 23.1 Å². The molecular weight excluding hydrogens is 438 g/mol. The highest BCUT2D eigenvalue weighted by molar-refractivity contribution is 5.16. The van der Waals surface area contributed by atoms with Gasteiger partial charge >= 0.3 is 0 Å². The molecule has 3 aromatic carbocycles. The molecule has 1 aliphatic heterocycles. The Bertz CT molecular complexity index is 999. The molecule has 0 amide bonds. The van der Waals surface area contributed by atoms with E-state index in [1.54, 1.807) is 0 Å². The Hall–Kier alpha value is -2.80. The Morgan fingerprint density at radius 3 is 1.69 bits per heavy atom. The van der Waals surface area contributed by atoms with E-state index in [1.165, 1.54) is 0 Å². The van der Waals surface area contributed by atoms with Crippen molar-refractivity contribution in [2.24, 2.45) is 0 Å². The number of aliphatic hydroxyl groups is 1. The smallest absolute Gasteiger partial charge is 0.113 e. The Morgan fingerprint density at radius 1 is 0.686 bits per heavy atom. The summed E-state index contributed by atoms with van der Waals surface area (Å²) < 4.78 is 18.9. The zero-order chi connectivity index (χ0) is 24.3. The minimum absolute atomic E-state index is 0.156. The van der Waals surface area contributed by atoms with E-state index in [2.05, 4.69) is 11.9 Å². The van der Waals surface area contributed by atoms with Gasteiger partial charge in [-0.3, -0.25) is 0 Å². The van der Waals surface area contributed by atoms with Crippen LogP contribution < -0.4 is 5.32 Å². The SMILES string of the molecule is C=CC[C@@H]1N[C@H](COCc2ccccc2)[C@@H](OCc2ccccc2)[C@H](OCc2ccccc2)[C@H]1O. The maximum atomic E-state index is 11.3. The highest BCUT2D eigenvalue weighted by atomic mass is 16.6. The van der Waals surface area contributed by atoms with Gasteiger partial charge in [-0.2, -0.15) is 0 Å². The van der Waals surface area contributed by atoms with Crippen molar-refractivity contribution in [3.63, 3.8) is 0 Å². The summed E-state index contributed by atoms with van der Waals surface area (Å²) in [6.07, 6.45) is 0.777. The third-order valence-electron chi connectivity index (χ3n) is 6.30. The van der Waals surface area contributed by atoms with E-state index in [4.69, 9.17) is 14.2 Å². The molecule has 5 nitrogen and oxygen atoms in total. The normalized spacial score (nSPS) is 24.2. The van der Waals surface area contributed by atoms with Crippen molar-refractivity contribution in [3.8, 4) is 0 Å². The van der Waals surface area contributed by atoms with Gasteiger partial charge in [0.1, 0.15) is 12.2 Å². The van der Waals surface area contributed by atoms with Crippen LogP contribution in [-0.2, 0) is 34.0 Å². The highest BCUT2D eigenvalue weighted by Crippen LogP contribution is 2.26. The molecule has 5 atom stereocenters. The fourth-order valence-corrected chi connectivity index (χ4v) is 4.47. The third kappa shape index (κ3) is 7.34. The van der Waals surface area contributed by atoms with Gasteiger partial charge in [0.15, 0.2) is 0 Å². The monoisotopic (exact) mass is 473 g/mol. The lowest BCUT2D eigenvalue weighted by Gasteiger charge is -2.45. The molecule has 0 bridgehead atoms. The van der Waals surface area contributed by atoms with Crippen molar-refractivity contribution >= 4 is 0 Å². The zero-order valence-corrected chi connectivity index (χ0v) is 20.0. The van der Waals surface area contributed by atoms with Crippen LogP contribution in [0.25, 0.3) is 0 Å². The van der Waals surface area contributed by atoms with Gasteiger partial charge in [0.25, 0.3) is 0 Å². The summed E-state index contributed by atoms with van der Waals surface area (Å²) >= 11 is 0. The first-order valence-electron chi connectivity index (χ1n) is 12.2. The van der Waals surface area contributed by atoms with E-state index >= 15 is 0 Å². The maximum Gasteiger partial charge on any atom is 0.113 e. The Balaban J connectivity index is 1.50. The summed E-state index contributed by atoms with van der Waals surface area (Å²) in [6, 6.07) is 29.8. The quantitative estimate of drug-likeness (QED) is 0.375. The van der Waals surface area contributed by atoms with Crippen LogP contribution in [0, 0.1) is 0 Å². The van der Waals surface area contributed by atoms with E-state index in [0.29, 0.717) is 32.8 Å². The molecule has 0 spiro atoms. The van der Waals surface area contributed by atoms with Gasteiger partial charge < -0.3 is 24.6 Å². The fraction of sp³-hybridized carbons (Fsp3) is 0.333. The second-order valence-electron chi connectivity index (χ2n) is 8.92. The molecule has 5 heteroatoms. The van der Waals surface area contributed by atoms with Crippen LogP contribution >= 0.6 is 0 Å². The lowest BCUT2D eigenvalue weighted by atomic mass is 9.88. The molecule has 35 heavy (non-hydrogen) atoms. The fourth-order valence-electron chi connectivity index (χ4n) is 4.47. The summed E-state index contributed by atoms with van der Waals surface area (Å²) in [7, 11) is 0. The van der Waals surface area contributed by atoms with Crippen LogP contribution in [-0.4, -0.2) is 42.1 Å². The van der Waals surface area contributed by atoms with Gasteiger partial charge in [-0.25, -0.2) is 0 Å². The number of nitrogens with one attached hydrogen (secondary N) is 1. The van der Waals surface area contributed by atoms with Crippen molar-refractivity contribution in [1.29, 1.82) is 0 Å². The Morgan fingerprint density at radius 2 is 1.17 bits per heavy atom. The molecule has 0 saturated carbocycles. The first kappa shape index (κ1) is 25.3. The minimum atomic E-state index is -0.747. The molecule has 0 aromatic heterocycles. The number of hydrogen-bond acceptors (Lipinski definition) is 5. The number of ether oxygens (including phenoxy) is 3. The summed E-state index contributed by atoms with van der Waals surface area (Å²) in [5.74, 6) is 0. The van der Waals surface area contributed by atoms with Crippen molar-refractivity contribution in [2.45, 2.75) is 56.6 Å². The average Bonchev–Trinajstić information content (AvgIpc) is 2.90. The predicted molar refractivity (Wildman–Crippen MR) is 138 cm³/mol.